The molecule has 1 atom stereocenters. The number of nitriles is 1. The summed E-state index contributed by atoms with van der Waals surface area (Å²) in [6.07, 6.45) is 1.71. The van der Waals surface area contributed by atoms with Gasteiger partial charge in [0.2, 0.25) is 0 Å². The minimum Gasteiger partial charge on any atom is -0.491 e. The normalized spacial score (nSPS) is 16.3. The zero-order valence-electron chi connectivity index (χ0n) is 10.6. The molecule has 1 aliphatic rings. The number of aromatic nitrogens is 1. The van der Waals surface area contributed by atoms with Crippen LogP contribution < -0.4 is 10.1 Å². The number of hydrogen-bond acceptors (Lipinski definition) is 4. The topological polar surface area (TPSA) is 57.9 Å². The quantitative estimate of drug-likeness (QED) is 0.891. The lowest BCUT2D eigenvalue weighted by Gasteiger charge is -2.14. The largest absolute Gasteiger partial charge is 0.491 e. The molecule has 1 aromatic carbocycles. The highest BCUT2D eigenvalue weighted by atomic mass is 16.5. The highest BCUT2D eigenvalue weighted by Gasteiger charge is 2.24. The second-order valence-corrected chi connectivity index (χ2v) is 4.51. The molecule has 4 heteroatoms. The van der Waals surface area contributed by atoms with E-state index < -0.39 is 0 Å². The van der Waals surface area contributed by atoms with Crippen LogP contribution in [0.25, 0.3) is 0 Å². The van der Waals surface area contributed by atoms with E-state index in [-0.39, 0.29) is 6.04 Å². The molecule has 0 amide bonds. The minimum atomic E-state index is 0.0394. The monoisotopic (exact) mass is 251 g/mol. The molecule has 1 aromatic heterocycles. The number of fused-ring (bicyclic) bond motifs is 1. The molecule has 4 nitrogen and oxygen atoms in total. The highest BCUT2D eigenvalue weighted by Crippen LogP contribution is 2.34. The summed E-state index contributed by atoms with van der Waals surface area (Å²) in [6.45, 7) is 2.46. The maximum Gasteiger partial charge on any atom is 0.144 e. The van der Waals surface area contributed by atoms with E-state index in [0.717, 1.165) is 16.9 Å². The Morgan fingerprint density at radius 1 is 1.37 bits per heavy atom. The van der Waals surface area contributed by atoms with Gasteiger partial charge in [-0.05, 0) is 24.6 Å². The van der Waals surface area contributed by atoms with E-state index in [0.29, 0.717) is 18.0 Å². The van der Waals surface area contributed by atoms with Gasteiger partial charge >= 0.3 is 0 Å². The number of rotatable bonds is 2. The second kappa shape index (κ2) is 4.62. The van der Waals surface area contributed by atoms with Crippen LogP contribution in [0.4, 0.5) is 5.82 Å². The van der Waals surface area contributed by atoms with Crippen LogP contribution >= 0.6 is 0 Å². The lowest BCUT2D eigenvalue weighted by molar-refractivity contribution is 0.339. The van der Waals surface area contributed by atoms with E-state index in [4.69, 9.17) is 4.74 Å². The Morgan fingerprint density at radius 3 is 3.05 bits per heavy atom. The zero-order chi connectivity index (χ0) is 13.2. The van der Waals surface area contributed by atoms with Crippen molar-refractivity contribution in [2.24, 2.45) is 0 Å². The van der Waals surface area contributed by atoms with Crippen molar-refractivity contribution in [1.82, 2.24) is 4.98 Å². The molecule has 1 aliphatic heterocycles. The number of nitrogens with zero attached hydrogens (tertiary/aromatic N) is 2. The van der Waals surface area contributed by atoms with Crippen LogP contribution in [0.1, 0.15) is 22.7 Å². The van der Waals surface area contributed by atoms with Gasteiger partial charge in [-0.25, -0.2) is 4.98 Å². The highest BCUT2D eigenvalue weighted by molar-refractivity contribution is 5.57. The van der Waals surface area contributed by atoms with E-state index in [2.05, 4.69) is 16.4 Å². The molecule has 0 radical (unpaired) electrons. The van der Waals surface area contributed by atoms with Crippen LogP contribution in [0.2, 0.25) is 0 Å². The number of pyridine rings is 1. The van der Waals surface area contributed by atoms with Crippen LogP contribution in [0.3, 0.4) is 0 Å². The molecule has 0 aliphatic carbocycles. The summed E-state index contributed by atoms with van der Waals surface area (Å²) >= 11 is 0. The van der Waals surface area contributed by atoms with E-state index >= 15 is 0 Å². The van der Waals surface area contributed by atoms with E-state index in [1.165, 1.54) is 0 Å². The minimum absolute atomic E-state index is 0.0394. The van der Waals surface area contributed by atoms with Crippen molar-refractivity contribution in [2.45, 2.75) is 13.0 Å². The van der Waals surface area contributed by atoms with Crippen molar-refractivity contribution >= 4 is 5.82 Å². The van der Waals surface area contributed by atoms with Crippen LogP contribution in [-0.4, -0.2) is 11.6 Å². The van der Waals surface area contributed by atoms with Crippen molar-refractivity contribution in [1.29, 1.82) is 5.26 Å². The van der Waals surface area contributed by atoms with E-state index in [9.17, 15) is 5.26 Å². The zero-order valence-corrected chi connectivity index (χ0v) is 10.6. The van der Waals surface area contributed by atoms with Gasteiger partial charge in [0.15, 0.2) is 0 Å². The predicted octanol–water partition coefficient (Wildman–Crippen LogP) is 2.81. The Hall–Kier alpha value is -2.54. The Morgan fingerprint density at radius 2 is 2.21 bits per heavy atom. The van der Waals surface area contributed by atoms with Gasteiger partial charge in [-0.15, -0.1) is 0 Å². The molecule has 19 heavy (non-hydrogen) atoms. The second-order valence-electron chi connectivity index (χ2n) is 4.51. The van der Waals surface area contributed by atoms with Gasteiger partial charge < -0.3 is 10.1 Å². The number of aryl methyl sites for hydroxylation is 1. The first kappa shape index (κ1) is 11.5. The summed E-state index contributed by atoms with van der Waals surface area (Å²) in [6, 6.07) is 12.0. The lowest BCUT2D eigenvalue weighted by atomic mass is 10.1. The van der Waals surface area contributed by atoms with Crippen molar-refractivity contribution in [3.8, 4) is 11.8 Å². The van der Waals surface area contributed by atoms with E-state index in [1.807, 2.05) is 37.3 Å². The molecule has 94 valence electrons. The van der Waals surface area contributed by atoms with E-state index in [1.54, 1.807) is 6.20 Å². The molecule has 0 fully saturated rings. The number of hydrogen-bond donors (Lipinski definition) is 1. The molecule has 0 saturated carbocycles. The molecule has 1 unspecified atom stereocenters. The standard InChI is InChI=1S/C15H13N3O/c1-10-6-7-17-15(12(10)8-16)18-13-9-19-14-5-3-2-4-11(13)14/h2-7,13H,9H2,1H3,(H,17,18). The third-order valence-corrected chi connectivity index (χ3v) is 3.28. The maximum atomic E-state index is 9.21. The van der Waals surface area contributed by atoms with Gasteiger partial charge in [-0.3, -0.25) is 0 Å². The van der Waals surface area contributed by atoms with Crippen molar-refractivity contribution in [2.75, 3.05) is 11.9 Å². The summed E-state index contributed by atoms with van der Waals surface area (Å²) in [7, 11) is 0. The first-order valence-corrected chi connectivity index (χ1v) is 6.13. The fourth-order valence-electron chi connectivity index (χ4n) is 2.26. The van der Waals surface area contributed by atoms with Gasteiger partial charge in [0.25, 0.3) is 0 Å². The molecule has 1 N–H and O–H groups in total. The first-order chi connectivity index (χ1) is 9.29. The summed E-state index contributed by atoms with van der Waals surface area (Å²) in [5.41, 5.74) is 2.62. The summed E-state index contributed by atoms with van der Waals surface area (Å²) in [5, 5.41) is 12.5. The average Bonchev–Trinajstić information content (AvgIpc) is 2.83. The molecule has 0 saturated heterocycles. The average molecular weight is 251 g/mol. The fourth-order valence-corrected chi connectivity index (χ4v) is 2.26. The molecule has 2 aromatic rings. The van der Waals surface area contributed by atoms with Gasteiger partial charge in [-0.2, -0.15) is 5.26 Å². The third kappa shape index (κ3) is 2.00. The number of ether oxygens (including phenoxy) is 1. The van der Waals surface area contributed by atoms with Gasteiger partial charge in [0.1, 0.15) is 24.2 Å². The first-order valence-electron chi connectivity index (χ1n) is 6.13. The molecular weight excluding hydrogens is 238 g/mol. The third-order valence-electron chi connectivity index (χ3n) is 3.28. The van der Waals surface area contributed by atoms with Gasteiger partial charge in [0, 0.05) is 11.8 Å². The van der Waals surface area contributed by atoms with Crippen molar-refractivity contribution in [3.05, 3.63) is 53.2 Å². The van der Waals surface area contributed by atoms with Gasteiger partial charge in [0.05, 0.1) is 11.6 Å². The molecule has 0 spiro atoms. The number of anilines is 1. The lowest BCUT2D eigenvalue weighted by Crippen LogP contribution is -2.14. The van der Waals surface area contributed by atoms with Crippen LogP contribution in [0.5, 0.6) is 5.75 Å². The van der Waals surface area contributed by atoms with Crippen LogP contribution in [0.15, 0.2) is 36.5 Å². The summed E-state index contributed by atoms with van der Waals surface area (Å²) in [5.74, 6) is 1.51. The molecule has 2 heterocycles. The maximum absolute atomic E-state index is 9.21. The number of para-hydroxylation sites is 1. The Kier molecular flexibility index (Phi) is 2.81. The molecular formula is C15H13N3O. The number of benzene rings is 1. The Bertz CT molecular complexity index is 661. The summed E-state index contributed by atoms with van der Waals surface area (Å²) in [4.78, 5) is 4.26. The Labute approximate surface area is 111 Å². The summed E-state index contributed by atoms with van der Waals surface area (Å²) < 4.78 is 5.61. The number of nitrogens with one attached hydrogen (secondary N) is 1. The SMILES string of the molecule is Cc1ccnc(NC2COc3ccccc32)c1C#N. The van der Waals surface area contributed by atoms with Crippen molar-refractivity contribution < 1.29 is 4.74 Å². The van der Waals surface area contributed by atoms with Crippen molar-refractivity contribution in [3.63, 3.8) is 0 Å². The molecule has 3 rings (SSSR count). The smallest absolute Gasteiger partial charge is 0.144 e. The molecule has 0 bridgehead atoms. The van der Waals surface area contributed by atoms with Gasteiger partial charge in [-0.1, -0.05) is 18.2 Å². The predicted molar refractivity (Wildman–Crippen MR) is 72.0 cm³/mol. The Balaban J connectivity index is 1.92. The van der Waals surface area contributed by atoms with Crippen LogP contribution in [0, 0.1) is 18.3 Å². The fraction of sp³-hybridized carbons (Fsp3) is 0.200. The van der Waals surface area contributed by atoms with Crippen LogP contribution in [-0.2, 0) is 0 Å².